The van der Waals surface area contributed by atoms with E-state index in [-0.39, 0.29) is 19.2 Å². The van der Waals surface area contributed by atoms with Crippen LogP contribution in [0.2, 0.25) is 0 Å². The van der Waals surface area contributed by atoms with Crippen molar-refractivity contribution in [3.8, 4) is 22.3 Å². The van der Waals surface area contributed by atoms with Gasteiger partial charge in [0.25, 0.3) is 0 Å². The van der Waals surface area contributed by atoms with E-state index in [0.29, 0.717) is 12.0 Å². The standard InChI is InChI=1S/C30H34O3/c1-4-5-6-7-23-8-12-25(13-9-23)27-16-17-29(26-14-10-24(11-15-26)18-19-31)28(20-27)21-33-30(32)22(2)3/h8-17,20,31H,2,4-7,18-19,21H2,1,3H3. The third-order valence-corrected chi connectivity index (χ3v) is 5.83. The molecule has 0 saturated heterocycles. The molecule has 0 unspecified atom stereocenters. The number of rotatable bonds is 11. The number of carbonyl (C=O) groups excluding carboxylic acids is 1. The van der Waals surface area contributed by atoms with Crippen molar-refractivity contribution in [2.75, 3.05) is 6.61 Å². The molecule has 0 aliphatic rings. The number of carbonyl (C=O) groups is 1. The molecule has 3 aromatic carbocycles. The smallest absolute Gasteiger partial charge is 0.333 e. The highest BCUT2D eigenvalue weighted by Crippen LogP contribution is 2.30. The van der Waals surface area contributed by atoms with Crippen LogP contribution in [0.25, 0.3) is 22.3 Å². The summed E-state index contributed by atoms with van der Waals surface area (Å²) in [4.78, 5) is 12.0. The number of ether oxygens (including phenoxy) is 1. The molecule has 3 heteroatoms. The molecule has 3 rings (SSSR count). The summed E-state index contributed by atoms with van der Waals surface area (Å²) in [5.41, 5.74) is 8.11. The summed E-state index contributed by atoms with van der Waals surface area (Å²) >= 11 is 0. The number of aryl methyl sites for hydroxylation is 1. The van der Waals surface area contributed by atoms with Crippen molar-refractivity contribution in [2.24, 2.45) is 0 Å². The van der Waals surface area contributed by atoms with Gasteiger partial charge in [-0.1, -0.05) is 87.0 Å². The molecular formula is C30H34O3. The van der Waals surface area contributed by atoms with Gasteiger partial charge in [-0.05, 0) is 71.2 Å². The van der Waals surface area contributed by atoms with Gasteiger partial charge in [-0.25, -0.2) is 4.79 Å². The summed E-state index contributed by atoms with van der Waals surface area (Å²) in [5, 5.41) is 9.17. The first-order valence-corrected chi connectivity index (χ1v) is 11.8. The van der Waals surface area contributed by atoms with Crippen molar-refractivity contribution in [3.05, 3.63) is 95.6 Å². The number of unbranched alkanes of at least 4 members (excludes halogenated alkanes) is 2. The van der Waals surface area contributed by atoms with Crippen LogP contribution >= 0.6 is 0 Å². The van der Waals surface area contributed by atoms with E-state index in [1.54, 1.807) is 6.92 Å². The molecule has 3 aromatic rings. The van der Waals surface area contributed by atoms with Crippen molar-refractivity contribution in [1.82, 2.24) is 0 Å². The van der Waals surface area contributed by atoms with Crippen molar-refractivity contribution >= 4 is 5.97 Å². The number of hydrogen-bond donors (Lipinski definition) is 1. The zero-order valence-corrected chi connectivity index (χ0v) is 19.8. The second-order valence-corrected chi connectivity index (χ2v) is 8.55. The van der Waals surface area contributed by atoms with E-state index in [0.717, 1.165) is 39.8 Å². The second kappa shape index (κ2) is 12.2. The van der Waals surface area contributed by atoms with Crippen LogP contribution in [0.5, 0.6) is 0 Å². The quantitative estimate of drug-likeness (QED) is 0.199. The van der Waals surface area contributed by atoms with E-state index >= 15 is 0 Å². The Kier molecular flexibility index (Phi) is 9.03. The molecule has 0 bridgehead atoms. The Labute approximate surface area is 197 Å². The number of aliphatic hydroxyl groups is 1. The Balaban J connectivity index is 1.89. The van der Waals surface area contributed by atoms with Crippen LogP contribution in [0, 0.1) is 0 Å². The number of benzene rings is 3. The van der Waals surface area contributed by atoms with Crippen molar-refractivity contribution in [2.45, 2.75) is 52.6 Å². The molecule has 172 valence electrons. The van der Waals surface area contributed by atoms with E-state index in [2.05, 4.69) is 68.1 Å². The molecule has 33 heavy (non-hydrogen) atoms. The predicted octanol–water partition coefficient (Wildman–Crippen LogP) is 6.91. The molecule has 0 aliphatic heterocycles. The third kappa shape index (κ3) is 6.90. The maximum absolute atomic E-state index is 12.0. The first-order chi connectivity index (χ1) is 16.0. The van der Waals surface area contributed by atoms with Crippen molar-refractivity contribution < 1.29 is 14.6 Å². The van der Waals surface area contributed by atoms with Crippen LogP contribution in [-0.4, -0.2) is 17.7 Å². The average Bonchev–Trinajstić information content (AvgIpc) is 2.83. The van der Waals surface area contributed by atoms with Gasteiger partial charge < -0.3 is 9.84 Å². The summed E-state index contributed by atoms with van der Waals surface area (Å²) in [6.07, 6.45) is 5.46. The van der Waals surface area contributed by atoms with E-state index < -0.39 is 0 Å². The van der Waals surface area contributed by atoms with E-state index in [1.807, 2.05) is 12.1 Å². The first-order valence-electron chi connectivity index (χ1n) is 11.8. The highest BCUT2D eigenvalue weighted by atomic mass is 16.5. The SMILES string of the molecule is C=C(C)C(=O)OCc1cc(-c2ccc(CCCCC)cc2)ccc1-c1ccc(CCO)cc1. The molecule has 3 nitrogen and oxygen atoms in total. The van der Waals surface area contributed by atoms with Crippen molar-refractivity contribution in [3.63, 3.8) is 0 Å². The van der Waals surface area contributed by atoms with Crippen LogP contribution in [0.3, 0.4) is 0 Å². The molecule has 0 atom stereocenters. The van der Waals surface area contributed by atoms with E-state index in [9.17, 15) is 9.90 Å². The zero-order chi connectivity index (χ0) is 23.6. The Morgan fingerprint density at radius 3 is 2.06 bits per heavy atom. The number of esters is 1. The summed E-state index contributed by atoms with van der Waals surface area (Å²) < 4.78 is 5.51. The molecule has 0 heterocycles. The first kappa shape index (κ1) is 24.5. The maximum Gasteiger partial charge on any atom is 0.333 e. The van der Waals surface area contributed by atoms with Gasteiger partial charge in [0.15, 0.2) is 0 Å². The molecule has 0 aliphatic carbocycles. The van der Waals surface area contributed by atoms with Gasteiger partial charge in [-0.3, -0.25) is 0 Å². The molecule has 0 spiro atoms. The fourth-order valence-electron chi connectivity index (χ4n) is 3.86. The Morgan fingerprint density at radius 1 is 0.848 bits per heavy atom. The molecule has 0 amide bonds. The molecule has 0 saturated carbocycles. The van der Waals surface area contributed by atoms with Gasteiger partial charge in [-0.15, -0.1) is 0 Å². The zero-order valence-electron chi connectivity index (χ0n) is 19.8. The van der Waals surface area contributed by atoms with Gasteiger partial charge in [0.1, 0.15) is 6.61 Å². The predicted molar refractivity (Wildman–Crippen MR) is 136 cm³/mol. The minimum atomic E-state index is -0.388. The van der Waals surface area contributed by atoms with E-state index in [1.165, 1.54) is 24.8 Å². The average molecular weight is 443 g/mol. The molecule has 0 fully saturated rings. The lowest BCUT2D eigenvalue weighted by Gasteiger charge is -2.14. The highest BCUT2D eigenvalue weighted by molar-refractivity contribution is 5.87. The molecular weight excluding hydrogens is 408 g/mol. The van der Waals surface area contributed by atoms with Gasteiger partial charge >= 0.3 is 5.97 Å². The molecule has 0 aromatic heterocycles. The van der Waals surface area contributed by atoms with Crippen LogP contribution in [0.4, 0.5) is 0 Å². The summed E-state index contributed by atoms with van der Waals surface area (Å²) in [6, 6.07) is 23.2. The lowest BCUT2D eigenvalue weighted by Crippen LogP contribution is -2.06. The minimum Gasteiger partial charge on any atom is -0.457 e. The minimum absolute atomic E-state index is 0.132. The normalized spacial score (nSPS) is 10.8. The van der Waals surface area contributed by atoms with Gasteiger partial charge in [0, 0.05) is 12.2 Å². The van der Waals surface area contributed by atoms with Gasteiger partial charge in [0.05, 0.1) is 0 Å². The Morgan fingerprint density at radius 2 is 1.45 bits per heavy atom. The number of hydrogen-bond acceptors (Lipinski definition) is 3. The van der Waals surface area contributed by atoms with Crippen LogP contribution in [0.15, 0.2) is 78.9 Å². The largest absolute Gasteiger partial charge is 0.457 e. The topological polar surface area (TPSA) is 46.5 Å². The van der Waals surface area contributed by atoms with Crippen molar-refractivity contribution in [1.29, 1.82) is 0 Å². The maximum atomic E-state index is 12.0. The van der Waals surface area contributed by atoms with E-state index in [4.69, 9.17) is 4.74 Å². The lowest BCUT2D eigenvalue weighted by molar-refractivity contribution is -0.140. The summed E-state index contributed by atoms with van der Waals surface area (Å²) in [5.74, 6) is -0.388. The lowest BCUT2D eigenvalue weighted by atomic mass is 9.94. The summed E-state index contributed by atoms with van der Waals surface area (Å²) in [7, 11) is 0. The monoisotopic (exact) mass is 442 g/mol. The second-order valence-electron chi connectivity index (χ2n) is 8.55. The van der Waals surface area contributed by atoms with Crippen LogP contribution in [-0.2, 0) is 29.0 Å². The third-order valence-electron chi connectivity index (χ3n) is 5.83. The molecule has 1 N–H and O–H groups in total. The fourth-order valence-corrected chi connectivity index (χ4v) is 3.86. The Hall–Kier alpha value is -3.17. The van der Waals surface area contributed by atoms with Crippen LogP contribution in [0.1, 0.15) is 49.8 Å². The Bertz CT molecular complexity index is 1060. The molecule has 0 radical (unpaired) electrons. The van der Waals surface area contributed by atoms with Gasteiger partial charge in [0.2, 0.25) is 0 Å². The fraction of sp³-hybridized carbons (Fsp3) is 0.300. The highest BCUT2D eigenvalue weighted by Gasteiger charge is 2.11. The number of aliphatic hydroxyl groups excluding tert-OH is 1. The summed E-state index contributed by atoms with van der Waals surface area (Å²) in [6.45, 7) is 7.87. The van der Waals surface area contributed by atoms with Crippen LogP contribution < -0.4 is 0 Å². The van der Waals surface area contributed by atoms with Gasteiger partial charge in [-0.2, -0.15) is 0 Å².